The largest absolute Gasteiger partial charge is 0.245 e. The average Bonchev–Trinajstić information content (AvgIpc) is 3.71. The number of hydrogen-bond donors (Lipinski definition) is 0. The highest BCUT2D eigenvalue weighted by Gasteiger charge is 2.53. The molecule has 7 aromatic carbocycles. The Bertz CT molecular complexity index is 2830. The molecule has 3 nitrogen and oxygen atoms in total. The van der Waals surface area contributed by atoms with E-state index in [1.165, 1.54) is 49.9 Å². The van der Waals surface area contributed by atoms with Crippen LogP contribution in [0.3, 0.4) is 0 Å². The van der Waals surface area contributed by atoms with Crippen molar-refractivity contribution in [2.75, 3.05) is 0 Å². The van der Waals surface area contributed by atoms with Gasteiger partial charge in [-0.3, -0.25) is 0 Å². The Kier molecular flexibility index (Phi) is 6.47. The Balaban J connectivity index is 1.18. The molecule has 2 aliphatic carbocycles. The summed E-state index contributed by atoms with van der Waals surface area (Å²) < 4.78 is 0. The van der Waals surface area contributed by atoms with Crippen molar-refractivity contribution in [1.29, 1.82) is 0 Å². The highest BCUT2D eigenvalue weighted by molar-refractivity contribution is 6.06. The average molecular weight is 674 g/mol. The van der Waals surface area contributed by atoms with Gasteiger partial charge in [0.05, 0.1) is 28.2 Å². The normalized spacial score (nSPS) is 13.1. The first-order chi connectivity index (χ1) is 26.3. The second-order valence-electron chi connectivity index (χ2n) is 13.9. The molecule has 0 saturated heterocycles. The van der Waals surface area contributed by atoms with Crippen LogP contribution >= 0.6 is 0 Å². The van der Waals surface area contributed by atoms with Crippen molar-refractivity contribution in [3.63, 3.8) is 0 Å². The van der Waals surface area contributed by atoms with Crippen LogP contribution < -0.4 is 0 Å². The van der Waals surface area contributed by atoms with E-state index in [1.807, 2.05) is 24.3 Å². The number of fused-ring (bicyclic) bond motifs is 12. The van der Waals surface area contributed by atoms with Crippen molar-refractivity contribution in [2.24, 2.45) is 0 Å². The van der Waals surface area contributed by atoms with E-state index in [4.69, 9.17) is 15.0 Å². The summed E-state index contributed by atoms with van der Waals surface area (Å²) in [5, 5.41) is 2.26. The Hall–Kier alpha value is -6.97. The van der Waals surface area contributed by atoms with Gasteiger partial charge in [-0.15, -0.1) is 0 Å². The van der Waals surface area contributed by atoms with Crippen LogP contribution in [-0.2, 0) is 5.41 Å². The van der Waals surface area contributed by atoms with E-state index in [0.29, 0.717) is 5.82 Å². The van der Waals surface area contributed by atoms with Gasteiger partial charge >= 0.3 is 0 Å². The second-order valence-corrected chi connectivity index (χ2v) is 13.9. The van der Waals surface area contributed by atoms with Crippen molar-refractivity contribution in [2.45, 2.75) is 5.41 Å². The van der Waals surface area contributed by atoms with Gasteiger partial charge in [-0.25, -0.2) is 15.0 Å². The molecule has 2 aliphatic rings. The standard InChI is InChI=1S/C50H31N3/c1-3-15-32(16-4-1)33-27-29-34(30-28-33)44-31-45(52-49(51-44)35-17-5-2-6-18-35)47-39-22-8-7-21-38(39)46-48(53-47)40-23-11-14-26-43(40)50(46)41-24-12-9-19-36(41)37-20-10-13-25-42(37)50/h1-31H. The fourth-order valence-electron chi connectivity index (χ4n) is 8.88. The SMILES string of the molecule is c1ccc(-c2ccc(-c3cc(-c4nc5c(c6ccccc46)C4(c6ccccc6-c6ccccc64)c4ccccc4-5)nc(-c4ccccc4)n3)cc2)cc1. The molecule has 246 valence electrons. The van der Waals surface area contributed by atoms with Crippen LogP contribution in [0.4, 0.5) is 0 Å². The number of hydrogen-bond acceptors (Lipinski definition) is 3. The summed E-state index contributed by atoms with van der Waals surface area (Å²) in [5.41, 5.74) is 16.2. The molecule has 2 heterocycles. The lowest BCUT2D eigenvalue weighted by atomic mass is 9.69. The van der Waals surface area contributed by atoms with Crippen molar-refractivity contribution >= 4 is 10.8 Å². The van der Waals surface area contributed by atoms with Gasteiger partial charge < -0.3 is 0 Å². The molecular weight excluding hydrogens is 643 g/mol. The summed E-state index contributed by atoms with van der Waals surface area (Å²) >= 11 is 0. The Labute approximate surface area is 308 Å². The van der Waals surface area contributed by atoms with Gasteiger partial charge in [0.15, 0.2) is 5.82 Å². The summed E-state index contributed by atoms with van der Waals surface area (Å²) in [6, 6.07) is 67.0. The van der Waals surface area contributed by atoms with Crippen LogP contribution in [0.15, 0.2) is 188 Å². The zero-order valence-corrected chi connectivity index (χ0v) is 28.7. The van der Waals surface area contributed by atoms with Gasteiger partial charge in [-0.2, -0.15) is 0 Å². The highest BCUT2D eigenvalue weighted by atomic mass is 14.9. The summed E-state index contributed by atoms with van der Waals surface area (Å²) in [5.74, 6) is 0.673. The van der Waals surface area contributed by atoms with Gasteiger partial charge in [0, 0.05) is 27.6 Å². The summed E-state index contributed by atoms with van der Waals surface area (Å²) in [6.45, 7) is 0. The molecule has 0 atom stereocenters. The molecule has 0 aliphatic heterocycles. The third-order valence-corrected chi connectivity index (χ3v) is 11.1. The molecule has 0 bridgehead atoms. The lowest BCUT2D eigenvalue weighted by molar-refractivity contribution is 0.799. The van der Waals surface area contributed by atoms with Gasteiger partial charge in [0.1, 0.15) is 0 Å². The number of nitrogens with zero attached hydrogens (tertiary/aromatic N) is 3. The maximum Gasteiger partial charge on any atom is 0.160 e. The molecule has 0 N–H and O–H groups in total. The van der Waals surface area contributed by atoms with Gasteiger partial charge in [0.25, 0.3) is 0 Å². The highest BCUT2D eigenvalue weighted by Crippen LogP contribution is 2.64. The first-order valence-corrected chi connectivity index (χ1v) is 18.1. The molecular formula is C50H31N3. The minimum atomic E-state index is -0.489. The Morgan fingerprint density at radius 3 is 1.45 bits per heavy atom. The molecule has 11 rings (SSSR count). The molecule has 2 aromatic heterocycles. The first kappa shape index (κ1) is 29.7. The van der Waals surface area contributed by atoms with Crippen molar-refractivity contribution in [3.8, 4) is 67.5 Å². The molecule has 0 saturated carbocycles. The van der Waals surface area contributed by atoms with Crippen LogP contribution in [0.5, 0.6) is 0 Å². The van der Waals surface area contributed by atoms with E-state index < -0.39 is 5.41 Å². The zero-order chi connectivity index (χ0) is 34.9. The molecule has 0 unspecified atom stereocenters. The molecule has 1 spiro atoms. The Morgan fingerprint density at radius 1 is 0.321 bits per heavy atom. The van der Waals surface area contributed by atoms with Crippen LogP contribution in [0, 0.1) is 0 Å². The first-order valence-electron chi connectivity index (χ1n) is 18.1. The monoisotopic (exact) mass is 673 g/mol. The molecule has 53 heavy (non-hydrogen) atoms. The van der Waals surface area contributed by atoms with E-state index >= 15 is 0 Å². The minimum absolute atomic E-state index is 0.489. The maximum atomic E-state index is 5.69. The fraction of sp³-hybridized carbons (Fsp3) is 0.0200. The predicted molar refractivity (Wildman–Crippen MR) is 215 cm³/mol. The molecule has 0 amide bonds. The van der Waals surface area contributed by atoms with E-state index in [0.717, 1.165) is 44.9 Å². The molecule has 9 aromatic rings. The molecule has 0 fully saturated rings. The Morgan fingerprint density at radius 2 is 0.792 bits per heavy atom. The van der Waals surface area contributed by atoms with Crippen LogP contribution in [-0.4, -0.2) is 15.0 Å². The lowest BCUT2D eigenvalue weighted by Gasteiger charge is -2.31. The van der Waals surface area contributed by atoms with Gasteiger partial charge in [0.2, 0.25) is 0 Å². The van der Waals surface area contributed by atoms with E-state index in [-0.39, 0.29) is 0 Å². The molecule has 0 radical (unpaired) electrons. The summed E-state index contributed by atoms with van der Waals surface area (Å²) in [6.07, 6.45) is 0. The van der Waals surface area contributed by atoms with E-state index in [9.17, 15) is 0 Å². The maximum absolute atomic E-state index is 5.69. The van der Waals surface area contributed by atoms with E-state index in [2.05, 4.69) is 164 Å². The van der Waals surface area contributed by atoms with Crippen molar-refractivity contribution in [1.82, 2.24) is 15.0 Å². The van der Waals surface area contributed by atoms with Gasteiger partial charge in [-0.1, -0.05) is 182 Å². The number of rotatable bonds is 4. The van der Waals surface area contributed by atoms with E-state index in [1.54, 1.807) is 0 Å². The minimum Gasteiger partial charge on any atom is -0.245 e. The zero-order valence-electron chi connectivity index (χ0n) is 28.7. The topological polar surface area (TPSA) is 38.7 Å². The fourth-order valence-corrected chi connectivity index (χ4v) is 8.88. The summed E-state index contributed by atoms with van der Waals surface area (Å²) in [7, 11) is 0. The quantitative estimate of drug-likeness (QED) is 0.187. The van der Waals surface area contributed by atoms with Crippen molar-refractivity contribution < 1.29 is 0 Å². The smallest absolute Gasteiger partial charge is 0.160 e. The number of aromatic nitrogens is 3. The third-order valence-electron chi connectivity index (χ3n) is 11.1. The number of pyridine rings is 1. The van der Waals surface area contributed by atoms with Gasteiger partial charge in [-0.05, 0) is 50.4 Å². The van der Waals surface area contributed by atoms with Crippen molar-refractivity contribution in [3.05, 3.63) is 210 Å². The number of benzene rings is 7. The second kappa shape index (κ2) is 11.5. The van der Waals surface area contributed by atoms with Crippen LogP contribution in [0.2, 0.25) is 0 Å². The molecule has 3 heteroatoms. The summed E-state index contributed by atoms with van der Waals surface area (Å²) in [4.78, 5) is 16.1. The van der Waals surface area contributed by atoms with Crippen LogP contribution in [0.25, 0.3) is 78.3 Å². The third kappa shape index (κ3) is 4.31. The predicted octanol–water partition coefficient (Wildman–Crippen LogP) is 12.0. The van der Waals surface area contributed by atoms with Crippen LogP contribution in [0.1, 0.15) is 22.3 Å². The lowest BCUT2D eigenvalue weighted by Crippen LogP contribution is -2.26.